The van der Waals surface area contributed by atoms with Crippen LogP contribution in [0.4, 0.5) is 0 Å². The quantitative estimate of drug-likeness (QED) is 0.814. The molecular weight excluding hydrogens is 236 g/mol. The second kappa shape index (κ2) is 5.30. The van der Waals surface area contributed by atoms with Crippen molar-refractivity contribution in [2.75, 3.05) is 6.61 Å². The Morgan fingerprint density at radius 2 is 2.37 bits per heavy atom. The third kappa shape index (κ3) is 2.37. The fourth-order valence-corrected chi connectivity index (χ4v) is 3.89. The monoisotopic (exact) mass is 256 g/mol. The van der Waals surface area contributed by atoms with E-state index in [0.717, 1.165) is 19.4 Å². The van der Waals surface area contributed by atoms with Crippen molar-refractivity contribution in [3.8, 4) is 6.07 Å². The molecule has 3 heteroatoms. The summed E-state index contributed by atoms with van der Waals surface area (Å²) in [4.78, 5) is 4.52. The van der Waals surface area contributed by atoms with Crippen LogP contribution in [-0.2, 0) is 4.74 Å². The number of rotatable bonds is 2. The van der Waals surface area contributed by atoms with E-state index in [1.807, 2.05) is 12.3 Å². The maximum Gasteiger partial charge on any atom is 0.0762 e. The number of aromatic nitrogens is 1. The maximum absolute atomic E-state index is 8.98. The standard InChI is InChI=1S/C16H20N2O/c17-9-6-15-16(8-11-19-15)7-3-4-13(12-16)14-5-1-2-10-18-14/h1-2,5,10,13,15H,3-4,6-8,11-12H2. The van der Waals surface area contributed by atoms with E-state index in [-0.39, 0.29) is 11.5 Å². The summed E-state index contributed by atoms with van der Waals surface area (Å²) in [5.41, 5.74) is 1.44. The Hall–Kier alpha value is -1.40. The molecule has 3 unspecified atom stereocenters. The Labute approximate surface area is 114 Å². The lowest BCUT2D eigenvalue weighted by atomic mass is 9.64. The summed E-state index contributed by atoms with van der Waals surface area (Å²) < 4.78 is 5.83. The summed E-state index contributed by atoms with van der Waals surface area (Å²) >= 11 is 0. The fraction of sp³-hybridized carbons (Fsp3) is 0.625. The number of nitrogens with zero attached hydrogens (tertiary/aromatic N) is 2. The van der Waals surface area contributed by atoms with Crippen LogP contribution in [0.25, 0.3) is 0 Å². The highest BCUT2D eigenvalue weighted by Gasteiger charge is 2.47. The first-order valence-electron chi connectivity index (χ1n) is 7.23. The summed E-state index contributed by atoms with van der Waals surface area (Å²) in [5, 5.41) is 8.98. The first-order chi connectivity index (χ1) is 9.34. The fourth-order valence-electron chi connectivity index (χ4n) is 3.89. The zero-order valence-electron chi connectivity index (χ0n) is 11.2. The first-order valence-corrected chi connectivity index (χ1v) is 7.23. The Morgan fingerprint density at radius 3 is 3.16 bits per heavy atom. The summed E-state index contributed by atoms with van der Waals surface area (Å²) in [6, 6.07) is 8.48. The van der Waals surface area contributed by atoms with Gasteiger partial charge in [-0.05, 0) is 37.8 Å². The molecule has 0 aromatic carbocycles. The van der Waals surface area contributed by atoms with E-state index in [1.165, 1.54) is 25.0 Å². The summed E-state index contributed by atoms with van der Waals surface area (Å²) in [7, 11) is 0. The Morgan fingerprint density at radius 1 is 1.42 bits per heavy atom. The number of hydrogen-bond donors (Lipinski definition) is 0. The van der Waals surface area contributed by atoms with E-state index in [4.69, 9.17) is 10.00 Å². The predicted octanol–water partition coefficient (Wildman–Crippen LogP) is 3.43. The van der Waals surface area contributed by atoms with E-state index < -0.39 is 0 Å². The van der Waals surface area contributed by atoms with Crippen molar-refractivity contribution >= 4 is 0 Å². The van der Waals surface area contributed by atoms with Crippen LogP contribution in [0, 0.1) is 16.7 Å². The molecule has 2 aliphatic rings. The molecule has 3 nitrogen and oxygen atoms in total. The van der Waals surface area contributed by atoms with Gasteiger partial charge in [-0.25, -0.2) is 0 Å². The van der Waals surface area contributed by atoms with E-state index in [9.17, 15) is 0 Å². The molecule has 0 bridgehead atoms. The van der Waals surface area contributed by atoms with Gasteiger partial charge in [0.1, 0.15) is 0 Å². The summed E-state index contributed by atoms with van der Waals surface area (Å²) in [5.74, 6) is 0.540. The van der Waals surface area contributed by atoms with Crippen LogP contribution in [0.2, 0.25) is 0 Å². The Kier molecular flexibility index (Phi) is 3.52. The topological polar surface area (TPSA) is 45.9 Å². The molecule has 1 saturated heterocycles. The van der Waals surface area contributed by atoms with Gasteiger partial charge in [-0.1, -0.05) is 12.5 Å². The van der Waals surface area contributed by atoms with Crippen molar-refractivity contribution in [3.05, 3.63) is 30.1 Å². The molecule has 1 saturated carbocycles. The molecule has 2 fully saturated rings. The highest BCUT2D eigenvalue weighted by Crippen LogP contribution is 2.52. The molecule has 1 aromatic heterocycles. The molecule has 2 heterocycles. The normalized spacial score (nSPS) is 34.3. The van der Waals surface area contributed by atoms with Gasteiger partial charge < -0.3 is 4.74 Å². The molecule has 1 aromatic rings. The minimum atomic E-state index is 0.143. The summed E-state index contributed by atoms with van der Waals surface area (Å²) in [6.45, 7) is 0.821. The largest absolute Gasteiger partial charge is 0.377 e. The number of ether oxygens (including phenoxy) is 1. The van der Waals surface area contributed by atoms with Crippen LogP contribution >= 0.6 is 0 Å². The molecule has 100 valence electrons. The predicted molar refractivity (Wildman–Crippen MR) is 72.5 cm³/mol. The summed E-state index contributed by atoms with van der Waals surface area (Å²) in [6.07, 6.45) is 8.47. The van der Waals surface area contributed by atoms with Gasteiger partial charge in [-0.2, -0.15) is 5.26 Å². The molecule has 1 aliphatic carbocycles. The van der Waals surface area contributed by atoms with E-state index in [1.54, 1.807) is 0 Å². The zero-order chi connectivity index (χ0) is 13.1. The highest BCUT2D eigenvalue weighted by atomic mass is 16.5. The van der Waals surface area contributed by atoms with E-state index >= 15 is 0 Å². The van der Waals surface area contributed by atoms with Crippen molar-refractivity contribution in [1.29, 1.82) is 5.26 Å². The van der Waals surface area contributed by atoms with E-state index in [2.05, 4.69) is 23.2 Å². The smallest absolute Gasteiger partial charge is 0.0762 e. The van der Waals surface area contributed by atoms with Crippen LogP contribution < -0.4 is 0 Å². The second-order valence-electron chi connectivity index (χ2n) is 5.88. The molecule has 0 amide bonds. The molecule has 3 rings (SSSR count). The van der Waals surface area contributed by atoms with Gasteiger partial charge in [-0.3, -0.25) is 4.98 Å². The van der Waals surface area contributed by atoms with Gasteiger partial charge in [0.25, 0.3) is 0 Å². The van der Waals surface area contributed by atoms with E-state index in [0.29, 0.717) is 12.3 Å². The average Bonchev–Trinajstić information content (AvgIpc) is 2.83. The average molecular weight is 256 g/mol. The van der Waals surface area contributed by atoms with Crippen molar-refractivity contribution in [3.63, 3.8) is 0 Å². The minimum Gasteiger partial charge on any atom is -0.377 e. The van der Waals surface area contributed by atoms with Crippen LogP contribution in [0.15, 0.2) is 24.4 Å². The first kappa shape index (κ1) is 12.6. The highest BCUT2D eigenvalue weighted by molar-refractivity contribution is 5.13. The molecule has 1 spiro atoms. The number of pyridine rings is 1. The SMILES string of the molecule is N#CCC1OCCC12CCCC(c1ccccn1)C2. The third-order valence-electron chi connectivity index (χ3n) is 4.86. The molecule has 19 heavy (non-hydrogen) atoms. The van der Waals surface area contributed by atoms with Gasteiger partial charge in [-0.15, -0.1) is 0 Å². The number of hydrogen-bond acceptors (Lipinski definition) is 3. The van der Waals surface area contributed by atoms with Crippen LogP contribution in [-0.4, -0.2) is 17.7 Å². The van der Waals surface area contributed by atoms with Gasteiger partial charge in [0, 0.05) is 29.8 Å². The van der Waals surface area contributed by atoms with Gasteiger partial charge in [0.05, 0.1) is 18.6 Å². The third-order valence-corrected chi connectivity index (χ3v) is 4.86. The van der Waals surface area contributed by atoms with Crippen molar-refractivity contribution in [2.45, 2.75) is 50.5 Å². The lowest BCUT2D eigenvalue weighted by Crippen LogP contribution is -2.35. The van der Waals surface area contributed by atoms with Crippen LogP contribution in [0.3, 0.4) is 0 Å². The maximum atomic E-state index is 8.98. The van der Waals surface area contributed by atoms with Gasteiger partial charge in [0.15, 0.2) is 0 Å². The van der Waals surface area contributed by atoms with Crippen molar-refractivity contribution < 1.29 is 4.74 Å². The van der Waals surface area contributed by atoms with Crippen molar-refractivity contribution in [2.24, 2.45) is 5.41 Å². The minimum absolute atomic E-state index is 0.143. The van der Waals surface area contributed by atoms with Gasteiger partial charge in [0.2, 0.25) is 0 Å². The van der Waals surface area contributed by atoms with Crippen LogP contribution in [0.1, 0.15) is 50.1 Å². The zero-order valence-corrected chi connectivity index (χ0v) is 11.2. The molecular formula is C16H20N2O. The Bertz CT molecular complexity index is 467. The lowest BCUT2D eigenvalue weighted by molar-refractivity contribution is 0.0262. The molecule has 0 radical (unpaired) electrons. The van der Waals surface area contributed by atoms with Crippen LogP contribution in [0.5, 0.6) is 0 Å². The molecule has 1 aliphatic heterocycles. The van der Waals surface area contributed by atoms with Gasteiger partial charge >= 0.3 is 0 Å². The second-order valence-corrected chi connectivity index (χ2v) is 5.88. The molecule has 3 atom stereocenters. The number of nitriles is 1. The van der Waals surface area contributed by atoms with Crippen molar-refractivity contribution in [1.82, 2.24) is 4.98 Å². The Balaban J connectivity index is 1.79. The molecule has 0 N–H and O–H groups in total. The lowest BCUT2D eigenvalue weighted by Gasteiger charge is -2.40.